The molecule has 0 amide bonds. The molecule has 1 rings (SSSR count). The van der Waals surface area contributed by atoms with E-state index < -0.39 is 0 Å². The molecule has 106 valence electrons. The normalized spacial score (nSPS) is 13.3. The molecular formula is C16H25NO2. The van der Waals surface area contributed by atoms with Gasteiger partial charge in [-0.3, -0.25) is 9.69 Å². The van der Waals surface area contributed by atoms with E-state index in [1.54, 1.807) is 12.1 Å². The largest absolute Gasteiger partial charge is 0.508 e. The summed E-state index contributed by atoms with van der Waals surface area (Å²) in [6.07, 6.45) is 0.686. The highest BCUT2D eigenvalue weighted by Crippen LogP contribution is 2.17. The molecule has 3 heteroatoms. The van der Waals surface area contributed by atoms with Crippen molar-refractivity contribution in [3.8, 4) is 5.75 Å². The van der Waals surface area contributed by atoms with E-state index in [1.807, 2.05) is 33.0 Å². The fourth-order valence-electron chi connectivity index (χ4n) is 2.05. The van der Waals surface area contributed by atoms with Crippen LogP contribution < -0.4 is 0 Å². The number of Topliss-reactive ketones (excluding diaryl/α,β-unsaturated/α-hetero) is 1. The van der Waals surface area contributed by atoms with E-state index in [2.05, 4.69) is 18.7 Å². The molecule has 0 aliphatic rings. The first-order chi connectivity index (χ1) is 8.82. The first-order valence-electron chi connectivity index (χ1n) is 6.86. The van der Waals surface area contributed by atoms with Crippen molar-refractivity contribution in [2.45, 2.75) is 46.2 Å². The van der Waals surface area contributed by atoms with Gasteiger partial charge in [0.25, 0.3) is 0 Å². The van der Waals surface area contributed by atoms with Gasteiger partial charge < -0.3 is 5.11 Å². The topological polar surface area (TPSA) is 40.5 Å². The molecule has 1 atom stereocenters. The minimum Gasteiger partial charge on any atom is -0.508 e. The number of carbonyl (C=O) groups is 1. The Morgan fingerprint density at radius 3 is 2.11 bits per heavy atom. The third-order valence-electron chi connectivity index (χ3n) is 3.57. The monoisotopic (exact) mass is 263 g/mol. The van der Waals surface area contributed by atoms with Crippen LogP contribution in [0.3, 0.4) is 0 Å². The van der Waals surface area contributed by atoms with Crippen molar-refractivity contribution < 1.29 is 9.90 Å². The number of nitrogens with zero attached hydrogens (tertiary/aromatic N) is 1. The van der Waals surface area contributed by atoms with E-state index in [1.165, 1.54) is 0 Å². The summed E-state index contributed by atoms with van der Waals surface area (Å²) in [5, 5.41) is 9.31. The highest BCUT2D eigenvalue weighted by Gasteiger charge is 2.26. The Morgan fingerprint density at radius 1 is 1.16 bits per heavy atom. The van der Waals surface area contributed by atoms with Gasteiger partial charge in [0, 0.05) is 12.0 Å². The third-order valence-corrected chi connectivity index (χ3v) is 3.57. The summed E-state index contributed by atoms with van der Waals surface area (Å²) >= 11 is 0. The molecule has 19 heavy (non-hydrogen) atoms. The van der Waals surface area contributed by atoms with Gasteiger partial charge in [0.05, 0.1) is 6.04 Å². The van der Waals surface area contributed by atoms with Crippen LogP contribution in [0.2, 0.25) is 0 Å². The van der Waals surface area contributed by atoms with Gasteiger partial charge in [-0.25, -0.2) is 0 Å². The van der Waals surface area contributed by atoms with E-state index in [9.17, 15) is 9.90 Å². The first kappa shape index (κ1) is 15.7. The molecule has 0 saturated heterocycles. The maximum Gasteiger partial charge on any atom is 0.152 e. The third kappa shape index (κ3) is 4.35. The molecule has 0 unspecified atom stereocenters. The highest BCUT2D eigenvalue weighted by molar-refractivity contribution is 5.86. The van der Waals surface area contributed by atoms with Gasteiger partial charge in [-0.05, 0) is 45.0 Å². The minimum absolute atomic E-state index is 0.0308. The van der Waals surface area contributed by atoms with Crippen LogP contribution in [0.15, 0.2) is 24.3 Å². The second kappa shape index (κ2) is 6.71. The summed E-state index contributed by atoms with van der Waals surface area (Å²) < 4.78 is 0. The smallest absolute Gasteiger partial charge is 0.152 e. The number of benzene rings is 1. The number of phenols is 1. The summed E-state index contributed by atoms with van der Waals surface area (Å²) in [7, 11) is 2.00. The molecule has 0 radical (unpaired) electrons. The molecule has 0 bridgehead atoms. The number of aromatic hydroxyl groups is 1. The van der Waals surface area contributed by atoms with Crippen molar-refractivity contribution in [1.82, 2.24) is 4.90 Å². The second-order valence-electron chi connectivity index (χ2n) is 5.70. The van der Waals surface area contributed by atoms with Crippen LogP contribution in [0, 0.1) is 5.92 Å². The molecule has 3 nitrogen and oxygen atoms in total. The molecule has 0 aliphatic heterocycles. The number of carbonyl (C=O) groups excluding carboxylic acids is 1. The Kier molecular flexibility index (Phi) is 5.55. The molecule has 0 fully saturated rings. The number of hydrogen-bond acceptors (Lipinski definition) is 3. The first-order valence-corrected chi connectivity index (χ1v) is 6.86. The lowest BCUT2D eigenvalue weighted by molar-refractivity contribution is -0.127. The highest BCUT2D eigenvalue weighted by atomic mass is 16.3. The number of hydrogen-bond donors (Lipinski definition) is 1. The Labute approximate surface area is 116 Å². The molecule has 0 aromatic heterocycles. The number of rotatable bonds is 6. The summed E-state index contributed by atoms with van der Waals surface area (Å²) in [6, 6.07) is 7.31. The fourth-order valence-corrected chi connectivity index (χ4v) is 2.05. The van der Waals surface area contributed by atoms with Crippen LogP contribution in [0.1, 0.15) is 33.3 Å². The molecule has 0 aliphatic carbocycles. The SMILES string of the molecule is CC(C)C(=O)[C@H](Cc1ccc(O)cc1)N(C)C(C)C. The lowest BCUT2D eigenvalue weighted by Gasteiger charge is -2.31. The van der Waals surface area contributed by atoms with E-state index >= 15 is 0 Å². The Morgan fingerprint density at radius 2 is 1.68 bits per heavy atom. The van der Waals surface area contributed by atoms with Gasteiger partial charge in [-0.1, -0.05) is 26.0 Å². The molecule has 1 N–H and O–H groups in total. The van der Waals surface area contributed by atoms with Crippen LogP contribution in [-0.2, 0) is 11.2 Å². The predicted molar refractivity (Wildman–Crippen MR) is 78.3 cm³/mol. The maximum absolute atomic E-state index is 12.4. The van der Waals surface area contributed by atoms with Crippen molar-refractivity contribution in [1.29, 1.82) is 0 Å². The van der Waals surface area contributed by atoms with E-state index in [-0.39, 0.29) is 23.5 Å². The lowest BCUT2D eigenvalue weighted by Crippen LogP contribution is -2.45. The van der Waals surface area contributed by atoms with Crippen LogP contribution in [0.5, 0.6) is 5.75 Å². The van der Waals surface area contributed by atoms with E-state index in [0.29, 0.717) is 12.5 Å². The number of phenolic OH excluding ortho intramolecular Hbond substituents is 1. The van der Waals surface area contributed by atoms with Crippen molar-refractivity contribution in [2.24, 2.45) is 5.92 Å². The van der Waals surface area contributed by atoms with Crippen molar-refractivity contribution in [3.05, 3.63) is 29.8 Å². The molecule has 0 heterocycles. The standard InChI is InChI=1S/C16H25NO2/c1-11(2)16(19)15(17(5)12(3)4)10-13-6-8-14(18)9-7-13/h6-9,11-12,15,18H,10H2,1-5H3/t15-/m0/s1. The summed E-state index contributed by atoms with van der Waals surface area (Å²) in [5.74, 6) is 0.556. The zero-order valence-corrected chi connectivity index (χ0v) is 12.6. The quantitative estimate of drug-likeness (QED) is 0.858. The summed E-state index contributed by atoms with van der Waals surface area (Å²) in [4.78, 5) is 14.5. The predicted octanol–water partition coefficient (Wildman–Crippen LogP) is 2.87. The molecule has 0 spiro atoms. The molecule has 0 saturated carbocycles. The Bertz CT molecular complexity index is 409. The summed E-state index contributed by atoms with van der Waals surface area (Å²) in [5.41, 5.74) is 1.07. The zero-order valence-electron chi connectivity index (χ0n) is 12.6. The average molecular weight is 263 g/mol. The van der Waals surface area contributed by atoms with Gasteiger partial charge in [-0.15, -0.1) is 0 Å². The summed E-state index contributed by atoms with van der Waals surface area (Å²) in [6.45, 7) is 8.08. The van der Waals surface area contributed by atoms with Crippen LogP contribution in [-0.4, -0.2) is 34.9 Å². The van der Waals surface area contributed by atoms with Gasteiger partial charge in [-0.2, -0.15) is 0 Å². The van der Waals surface area contributed by atoms with Gasteiger partial charge in [0.1, 0.15) is 5.75 Å². The number of likely N-dealkylation sites (N-methyl/N-ethyl adjacent to an activating group) is 1. The average Bonchev–Trinajstić information content (AvgIpc) is 2.36. The minimum atomic E-state index is -0.107. The maximum atomic E-state index is 12.4. The van der Waals surface area contributed by atoms with Gasteiger partial charge >= 0.3 is 0 Å². The Hall–Kier alpha value is -1.35. The van der Waals surface area contributed by atoms with E-state index in [0.717, 1.165) is 5.56 Å². The van der Waals surface area contributed by atoms with Gasteiger partial charge in [0.15, 0.2) is 5.78 Å². The van der Waals surface area contributed by atoms with Crippen LogP contribution in [0.25, 0.3) is 0 Å². The van der Waals surface area contributed by atoms with Gasteiger partial charge in [0.2, 0.25) is 0 Å². The van der Waals surface area contributed by atoms with Crippen molar-refractivity contribution in [2.75, 3.05) is 7.05 Å². The van der Waals surface area contributed by atoms with Crippen LogP contribution >= 0.6 is 0 Å². The van der Waals surface area contributed by atoms with Crippen molar-refractivity contribution >= 4 is 5.78 Å². The fraction of sp³-hybridized carbons (Fsp3) is 0.562. The lowest BCUT2D eigenvalue weighted by atomic mass is 9.94. The van der Waals surface area contributed by atoms with Crippen LogP contribution in [0.4, 0.5) is 0 Å². The number of ketones is 1. The molecule has 1 aromatic carbocycles. The molecule has 1 aromatic rings. The van der Waals surface area contributed by atoms with Crippen molar-refractivity contribution in [3.63, 3.8) is 0 Å². The Balaban J connectivity index is 2.91. The zero-order chi connectivity index (χ0) is 14.6. The van der Waals surface area contributed by atoms with E-state index in [4.69, 9.17) is 0 Å². The molecular weight excluding hydrogens is 238 g/mol. The second-order valence-corrected chi connectivity index (χ2v) is 5.70.